The number of thiophene rings is 1. The maximum atomic E-state index is 11.8. The Morgan fingerprint density at radius 1 is 1.30 bits per heavy atom. The van der Waals surface area contributed by atoms with Crippen LogP contribution >= 0.6 is 23.6 Å². The zero-order chi connectivity index (χ0) is 19.4. The van der Waals surface area contributed by atoms with Crippen LogP contribution in [0.25, 0.3) is 0 Å². The summed E-state index contributed by atoms with van der Waals surface area (Å²) in [7, 11) is 1.35. The fourth-order valence-corrected chi connectivity index (χ4v) is 3.66. The van der Waals surface area contributed by atoms with Crippen LogP contribution in [0.3, 0.4) is 0 Å². The van der Waals surface area contributed by atoms with Gasteiger partial charge in [-0.3, -0.25) is 5.32 Å². The van der Waals surface area contributed by atoms with E-state index in [1.54, 1.807) is 17.1 Å². The van der Waals surface area contributed by atoms with Gasteiger partial charge in [-0.05, 0) is 43.3 Å². The van der Waals surface area contributed by atoms with E-state index in [2.05, 4.69) is 39.8 Å². The van der Waals surface area contributed by atoms with Crippen LogP contribution in [0.4, 0.5) is 10.9 Å². The second kappa shape index (κ2) is 8.28. The molecule has 3 rings (SSSR count). The number of thiocarbonyl (C=S) groups is 1. The number of aryl methyl sites for hydroxylation is 2. The SMILES string of the molecule is COC(=O)c1cc(C)sc1NC(=S)Nc1ncn(Cc2ccccc2C)n1. The Labute approximate surface area is 166 Å². The molecule has 0 aliphatic heterocycles. The van der Waals surface area contributed by atoms with Gasteiger partial charge in [-0.2, -0.15) is 0 Å². The number of hydrogen-bond acceptors (Lipinski definition) is 6. The van der Waals surface area contributed by atoms with Gasteiger partial charge in [0.2, 0.25) is 5.95 Å². The van der Waals surface area contributed by atoms with Crippen molar-refractivity contribution in [3.63, 3.8) is 0 Å². The van der Waals surface area contributed by atoms with Gasteiger partial charge in [0.25, 0.3) is 0 Å². The summed E-state index contributed by atoms with van der Waals surface area (Å²) in [5.41, 5.74) is 2.82. The zero-order valence-corrected chi connectivity index (χ0v) is 16.8. The first-order valence-corrected chi connectivity index (χ1v) is 9.39. The van der Waals surface area contributed by atoms with Gasteiger partial charge in [0, 0.05) is 4.88 Å². The van der Waals surface area contributed by atoms with Gasteiger partial charge in [-0.15, -0.1) is 16.4 Å². The van der Waals surface area contributed by atoms with Crippen molar-refractivity contribution < 1.29 is 9.53 Å². The summed E-state index contributed by atoms with van der Waals surface area (Å²) >= 11 is 6.73. The molecule has 0 spiro atoms. The summed E-state index contributed by atoms with van der Waals surface area (Å²) in [6.07, 6.45) is 1.65. The van der Waals surface area contributed by atoms with Crippen molar-refractivity contribution in [2.24, 2.45) is 0 Å². The number of nitrogens with zero attached hydrogens (tertiary/aromatic N) is 3. The topological polar surface area (TPSA) is 81.1 Å². The van der Waals surface area contributed by atoms with Crippen molar-refractivity contribution in [3.8, 4) is 0 Å². The monoisotopic (exact) mass is 401 g/mol. The summed E-state index contributed by atoms with van der Waals surface area (Å²) in [5, 5.41) is 11.3. The molecule has 140 valence electrons. The molecule has 2 heterocycles. The van der Waals surface area contributed by atoms with Crippen LogP contribution in [0, 0.1) is 13.8 Å². The minimum absolute atomic E-state index is 0.302. The number of ether oxygens (including phenoxy) is 1. The van der Waals surface area contributed by atoms with Crippen LogP contribution in [0.5, 0.6) is 0 Å². The normalized spacial score (nSPS) is 10.5. The lowest BCUT2D eigenvalue weighted by atomic mass is 10.1. The van der Waals surface area contributed by atoms with Crippen LogP contribution in [-0.4, -0.2) is 33.0 Å². The highest BCUT2D eigenvalue weighted by atomic mass is 32.1. The highest BCUT2D eigenvalue weighted by molar-refractivity contribution is 7.80. The molecule has 0 amide bonds. The van der Waals surface area contributed by atoms with E-state index in [1.807, 2.05) is 19.1 Å². The molecule has 0 saturated carbocycles. The molecule has 2 aromatic heterocycles. The molecule has 0 unspecified atom stereocenters. The Morgan fingerprint density at radius 3 is 2.81 bits per heavy atom. The highest BCUT2D eigenvalue weighted by Gasteiger charge is 2.16. The number of carbonyl (C=O) groups excluding carboxylic acids is 1. The second-order valence-electron chi connectivity index (χ2n) is 5.86. The van der Waals surface area contributed by atoms with Crippen LogP contribution < -0.4 is 10.6 Å². The summed E-state index contributed by atoms with van der Waals surface area (Å²) in [6.45, 7) is 4.60. The Morgan fingerprint density at radius 2 is 2.07 bits per heavy atom. The number of carbonyl (C=O) groups is 1. The van der Waals surface area contributed by atoms with Gasteiger partial charge in [-0.1, -0.05) is 24.3 Å². The van der Waals surface area contributed by atoms with Crippen LogP contribution in [0.15, 0.2) is 36.7 Å². The molecule has 0 saturated heterocycles. The fourth-order valence-electron chi connectivity index (χ4n) is 2.49. The number of hydrogen-bond donors (Lipinski definition) is 2. The third-order valence-electron chi connectivity index (χ3n) is 3.84. The van der Waals surface area contributed by atoms with Crippen molar-refractivity contribution in [2.75, 3.05) is 17.7 Å². The summed E-state index contributed by atoms with van der Waals surface area (Å²) < 4.78 is 6.53. The summed E-state index contributed by atoms with van der Waals surface area (Å²) in [6, 6.07) is 9.89. The number of methoxy groups -OCH3 is 1. The maximum absolute atomic E-state index is 11.8. The summed E-state index contributed by atoms with van der Waals surface area (Å²) in [5.74, 6) is -0.0285. The van der Waals surface area contributed by atoms with E-state index in [9.17, 15) is 4.79 Å². The predicted octanol–water partition coefficient (Wildman–Crippen LogP) is 3.60. The van der Waals surface area contributed by atoms with E-state index >= 15 is 0 Å². The Bertz CT molecular complexity index is 980. The fraction of sp³-hybridized carbons (Fsp3) is 0.222. The van der Waals surface area contributed by atoms with Gasteiger partial charge in [0.15, 0.2) is 5.11 Å². The van der Waals surface area contributed by atoms with Gasteiger partial charge < -0.3 is 10.1 Å². The zero-order valence-electron chi connectivity index (χ0n) is 15.1. The third-order valence-corrected chi connectivity index (χ3v) is 5.01. The Hall–Kier alpha value is -2.78. The molecule has 0 bridgehead atoms. The molecule has 3 aromatic rings. The molecule has 7 nitrogen and oxygen atoms in total. The number of nitrogens with one attached hydrogen (secondary N) is 2. The first-order valence-electron chi connectivity index (χ1n) is 8.17. The van der Waals surface area contributed by atoms with Crippen molar-refractivity contribution >= 4 is 45.6 Å². The Kier molecular flexibility index (Phi) is 5.82. The van der Waals surface area contributed by atoms with E-state index < -0.39 is 5.97 Å². The molecule has 0 aliphatic rings. The summed E-state index contributed by atoms with van der Waals surface area (Å²) in [4.78, 5) is 17.0. The van der Waals surface area contributed by atoms with Crippen molar-refractivity contribution in [1.29, 1.82) is 0 Å². The standard InChI is InChI=1S/C18H19N5O2S2/c1-11-6-4-5-7-13(11)9-23-10-19-17(22-23)21-18(26)20-15-14(16(24)25-3)8-12(2)27-15/h4-8,10H,9H2,1-3H3,(H2,20,21,22,26). The first-order chi connectivity index (χ1) is 13.0. The second-order valence-corrected chi connectivity index (χ2v) is 7.53. The molecule has 0 fully saturated rings. The lowest BCUT2D eigenvalue weighted by molar-refractivity contribution is 0.0602. The van der Waals surface area contributed by atoms with E-state index in [0.29, 0.717) is 28.2 Å². The van der Waals surface area contributed by atoms with Crippen molar-refractivity contribution in [1.82, 2.24) is 14.8 Å². The average molecular weight is 402 g/mol. The number of esters is 1. The highest BCUT2D eigenvalue weighted by Crippen LogP contribution is 2.28. The molecular formula is C18H19N5O2S2. The molecule has 27 heavy (non-hydrogen) atoms. The van der Waals surface area contributed by atoms with Gasteiger partial charge >= 0.3 is 5.97 Å². The minimum Gasteiger partial charge on any atom is -0.465 e. The van der Waals surface area contributed by atoms with Crippen LogP contribution in [0.1, 0.15) is 26.4 Å². The first kappa shape index (κ1) is 19.0. The number of rotatable bonds is 5. The largest absolute Gasteiger partial charge is 0.465 e. The molecular weight excluding hydrogens is 382 g/mol. The minimum atomic E-state index is -0.412. The Balaban J connectivity index is 1.65. The predicted molar refractivity (Wildman–Crippen MR) is 111 cm³/mol. The smallest absolute Gasteiger partial charge is 0.340 e. The average Bonchev–Trinajstić information content (AvgIpc) is 3.22. The van der Waals surface area contributed by atoms with Crippen molar-refractivity contribution in [2.45, 2.75) is 20.4 Å². The number of anilines is 2. The third kappa shape index (κ3) is 4.69. The van der Waals surface area contributed by atoms with E-state index in [1.165, 1.54) is 29.6 Å². The van der Waals surface area contributed by atoms with Crippen molar-refractivity contribution in [3.05, 3.63) is 58.2 Å². The van der Waals surface area contributed by atoms with Gasteiger partial charge in [0.1, 0.15) is 11.3 Å². The number of benzene rings is 1. The molecule has 0 radical (unpaired) electrons. The van der Waals surface area contributed by atoms with E-state index in [0.717, 1.165) is 4.88 Å². The lowest BCUT2D eigenvalue weighted by Gasteiger charge is -2.08. The molecule has 0 aliphatic carbocycles. The lowest BCUT2D eigenvalue weighted by Crippen LogP contribution is -2.20. The maximum Gasteiger partial charge on any atom is 0.340 e. The molecule has 9 heteroatoms. The van der Waals surface area contributed by atoms with Gasteiger partial charge in [0.05, 0.1) is 19.2 Å². The van der Waals surface area contributed by atoms with Gasteiger partial charge in [-0.25, -0.2) is 14.5 Å². The molecule has 0 atom stereocenters. The van der Waals surface area contributed by atoms with E-state index in [-0.39, 0.29) is 0 Å². The molecule has 2 N–H and O–H groups in total. The van der Waals surface area contributed by atoms with Crippen LogP contribution in [-0.2, 0) is 11.3 Å². The van der Waals surface area contributed by atoms with Crippen LogP contribution in [0.2, 0.25) is 0 Å². The quantitative estimate of drug-likeness (QED) is 0.499. The molecule has 1 aromatic carbocycles. The number of aromatic nitrogens is 3. The van der Waals surface area contributed by atoms with E-state index in [4.69, 9.17) is 17.0 Å².